The molecule has 4 heteroatoms. The smallest absolute Gasteiger partial charge is 0.376 e. The largest absolute Gasteiger partial charge is 0.590 e. The number of rotatable bonds is 24. The second kappa shape index (κ2) is 21.8. The quantitative estimate of drug-likeness (QED) is 0.0577. The maximum atomic E-state index is 12.0. The Morgan fingerprint density at radius 1 is 0.618 bits per heavy atom. The van der Waals surface area contributed by atoms with Crippen LogP contribution in [0, 0.1) is 0 Å². The molecule has 34 heavy (non-hydrogen) atoms. The Morgan fingerprint density at radius 3 is 1.29 bits per heavy atom. The molecule has 0 rings (SSSR count). The molecular formula is C30H59NO2P+. The van der Waals surface area contributed by atoms with E-state index in [-0.39, 0.29) is 0 Å². The maximum absolute atomic E-state index is 12.0. The van der Waals surface area contributed by atoms with Gasteiger partial charge in [-0.15, -0.1) is 0 Å². The Balaban J connectivity index is 3.53. The fraction of sp³-hybridized carbons (Fsp3) is 0.867. The Morgan fingerprint density at radius 2 is 0.971 bits per heavy atom. The Hall–Kier alpha value is -0.500. The van der Waals surface area contributed by atoms with Gasteiger partial charge in [0, 0.05) is 12.8 Å². The number of allylic oxidation sites excluding steroid dienone is 4. The summed E-state index contributed by atoms with van der Waals surface area (Å²) in [5.41, 5.74) is 0. The van der Waals surface area contributed by atoms with E-state index in [1.165, 1.54) is 89.9 Å². The van der Waals surface area contributed by atoms with Crippen molar-refractivity contribution in [3.05, 3.63) is 24.3 Å². The van der Waals surface area contributed by atoms with Gasteiger partial charge in [-0.2, -0.15) is 0 Å². The summed E-state index contributed by atoms with van der Waals surface area (Å²) in [5, 5.41) is -0.615. The predicted molar refractivity (Wildman–Crippen MR) is 150 cm³/mol. The maximum Gasteiger partial charge on any atom is 0.376 e. The molecule has 200 valence electrons. The van der Waals surface area contributed by atoms with E-state index in [2.05, 4.69) is 31.2 Å². The summed E-state index contributed by atoms with van der Waals surface area (Å²) in [7, 11) is 3.59. The monoisotopic (exact) mass is 496 g/mol. The van der Waals surface area contributed by atoms with Crippen LogP contribution in [0.2, 0.25) is 0 Å². The normalized spacial score (nSPS) is 14.8. The first-order chi connectivity index (χ1) is 16.3. The zero-order valence-electron chi connectivity index (χ0n) is 23.7. The zero-order chi connectivity index (χ0) is 25.5. The van der Waals surface area contributed by atoms with E-state index in [0.717, 1.165) is 32.1 Å². The molecule has 0 aliphatic carbocycles. The van der Waals surface area contributed by atoms with Crippen LogP contribution in [0.4, 0.5) is 0 Å². The van der Waals surface area contributed by atoms with Crippen LogP contribution in [0.1, 0.15) is 142 Å². The molecule has 0 N–H and O–H groups in total. The van der Waals surface area contributed by atoms with Crippen molar-refractivity contribution >= 4 is 8.03 Å². The van der Waals surface area contributed by atoms with Crippen molar-refractivity contribution in [2.45, 2.75) is 148 Å². The van der Waals surface area contributed by atoms with Crippen molar-refractivity contribution in [2.75, 3.05) is 21.1 Å². The fourth-order valence-electron chi connectivity index (χ4n) is 4.87. The summed E-state index contributed by atoms with van der Waals surface area (Å²) < 4.78 is 12.5. The van der Waals surface area contributed by atoms with Crippen molar-refractivity contribution in [2.24, 2.45) is 0 Å². The van der Waals surface area contributed by atoms with Gasteiger partial charge in [0.15, 0.2) is 0 Å². The lowest BCUT2D eigenvalue weighted by Crippen LogP contribution is -2.55. The van der Waals surface area contributed by atoms with Gasteiger partial charge in [-0.25, -0.2) is 0 Å². The predicted octanol–water partition coefficient (Wildman–Crippen LogP) is 9.45. The summed E-state index contributed by atoms with van der Waals surface area (Å²) in [6, 6.07) is 0. The summed E-state index contributed by atoms with van der Waals surface area (Å²) in [5.74, 6) is 0. The molecule has 0 spiro atoms. The van der Waals surface area contributed by atoms with E-state index in [0.29, 0.717) is 10.9 Å². The number of hydrogen-bond donors (Lipinski definition) is 0. The molecular weight excluding hydrogens is 437 g/mol. The second-order valence-electron chi connectivity index (χ2n) is 11.0. The molecule has 2 atom stereocenters. The van der Waals surface area contributed by atoms with E-state index in [1.807, 2.05) is 28.1 Å². The minimum absolute atomic E-state index is 0.499. The molecule has 0 aromatic carbocycles. The van der Waals surface area contributed by atoms with Crippen LogP contribution in [0.15, 0.2) is 24.3 Å². The van der Waals surface area contributed by atoms with Gasteiger partial charge >= 0.3 is 8.03 Å². The third-order valence-electron chi connectivity index (χ3n) is 7.40. The molecule has 0 heterocycles. The topological polar surface area (TPSA) is 40.1 Å². The van der Waals surface area contributed by atoms with Gasteiger partial charge in [-0.3, -0.25) is 4.48 Å². The third kappa shape index (κ3) is 16.2. The molecule has 0 saturated heterocycles. The van der Waals surface area contributed by atoms with Crippen LogP contribution in [0.25, 0.3) is 0 Å². The van der Waals surface area contributed by atoms with Gasteiger partial charge in [0.25, 0.3) is 5.28 Å². The van der Waals surface area contributed by atoms with Gasteiger partial charge in [-0.1, -0.05) is 101 Å². The SMILES string of the molecule is CCCCC/C=C\CCCCCCCCCC/C=C\CCCCCC(CC)([P+](=O)[O-])[N+](C)(C)C. The highest BCUT2D eigenvalue weighted by atomic mass is 31.1. The van der Waals surface area contributed by atoms with Gasteiger partial charge in [-0.05, 0) is 57.8 Å². The van der Waals surface area contributed by atoms with Gasteiger partial charge < -0.3 is 4.89 Å². The molecule has 0 aromatic heterocycles. The van der Waals surface area contributed by atoms with Gasteiger partial charge in [0.1, 0.15) is 0 Å². The van der Waals surface area contributed by atoms with Crippen molar-refractivity contribution in [1.82, 2.24) is 0 Å². The summed E-state index contributed by atoms with van der Waals surface area (Å²) in [6.07, 6.45) is 34.2. The molecule has 0 fully saturated rings. The molecule has 0 saturated carbocycles. The number of unbranched alkanes of at least 4 members (excludes halogenated alkanes) is 15. The first-order valence-electron chi connectivity index (χ1n) is 14.6. The van der Waals surface area contributed by atoms with Crippen LogP contribution in [0.5, 0.6) is 0 Å². The lowest BCUT2D eigenvalue weighted by molar-refractivity contribution is -0.910. The average Bonchev–Trinajstić information content (AvgIpc) is 2.78. The lowest BCUT2D eigenvalue weighted by Gasteiger charge is -2.39. The fourth-order valence-corrected chi connectivity index (χ4v) is 5.96. The van der Waals surface area contributed by atoms with Crippen LogP contribution >= 0.6 is 8.03 Å². The highest BCUT2D eigenvalue weighted by Crippen LogP contribution is 2.44. The third-order valence-corrected chi connectivity index (χ3v) is 9.22. The summed E-state index contributed by atoms with van der Waals surface area (Å²) in [6.45, 7) is 4.27. The van der Waals surface area contributed by atoms with E-state index in [4.69, 9.17) is 0 Å². The van der Waals surface area contributed by atoms with E-state index in [1.54, 1.807) is 0 Å². The van der Waals surface area contributed by atoms with Crippen molar-refractivity contribution in [1.29, 1.82) is 0 Å². The molecule has 0 bridgehead atoms. The Labute approximate surface area is 214 Å². The molecule has 0 aliphatic rings. The van der Waals surface area contributed by atoms with Gasteiger partial charge in [0.2, 0.25) is 0 Å². The number of quaternary nitrogens is 1. The molecule has 0 radical (unpaired) electrons. The first-order valence-corrected chi connectivity index (χ1v) is 15.8. The summed E-state index contributed by atoms with van der Waals surface area (Å²) >= 11 is 0. The number of nitrogens with zero attached hydrogens (tertiary/aromatic N) is 1. The van der Waals surface area contributed by atoms with Crippen LogP contribution < -0.4 is 4.89 Å². The zero-order valence-corrected chi connectivity index (χ0v) is 24.6. The summed E-state index contributed by atoms with van der Waals surface area (Å²) in [4.78, 5) is 12.0. The average molecular weight is 497 g/mol. The molecule has 0 amide bonds. The van der Waals surface area contributed by atoms with E-state index < -0.39 is 13.3 Å². The Bertz CT molecular complexity index is 538. The van der Waals surface area contributed by atoms with Crippen LogP contribution in [-0.4, -0.2) is 30.9 Å². The molecule has 0 aliphatic heterocycles. The first kappa shape index (κ1) is 33.5. The van der Waals surface area contributed by atoms with Crippen molar-refractivity contribution in [3.63, 3.8) is 0 Å². The minimum atomic E-state index is -2.43. The van der Waals surface area contributed by atoms with E-state index in [9.17, 15) is 9.46 Å². The van der Waals surface area contributed by atoms with Crippen molar-refractivity contribution in [3.8, 4) is 0 Å². The second-order valence-corrected chi connectivity index (χ2v) is 12.4. The van der Waals surface area contributed by atoms with Crippen LogP contribution in [0.3, 0.4) is 0 Å². The minimum Gasteiger partial charge on any atom is -0.590 e. The van der Waals surface area contributed by atoms with E-state index >= 15 is 0 Å². The molecule has 3 nitrogen and oxygen atoms in total. The van der Waals surface area contributed by atoms with Crippen molar-refractivity contribution < 1.29 is 13.9 Å². The van der Waals surface area contributed by atoms with Gasteiger partial charge in [0.05, 0.1) is 21.1 Å². The number of hydrogen-bond acceptors (Lipinski definition) is 2. The molecule has 2 unspecified atom stereocenters. The van der Waals surface area contributed by atoms with Crippen LogP contribution in [-0.2, 0) is 4.57 Å². The molecule has 0 aromatic rings. The highest BCUT2D eigenvalue weighted by molar-refractivity contribution is 7.38. The standard InChI is InChI=1S/C30H59NO2P/c1-6-8-9-10-11-12-13-14-15-16-17-18-19-20-21-22-23-24-25-26-27-28-29-30(7-2,34(32)33)31(3,4)5/h11-12,23-24H,6-10,13-22,25-29H2,1-5H3/q+1/b12-11-,24-23-. The lowest BCUT2D eigenvalue weighted by atomic mass is 10.0. The Kier molecular flexibility index (Phi) is 21.4. The highest BCUT2D eigenvalue weighted by Gasteiger charge is 2.52.